The monoisotopic (exact) mass is 248 g/mol. The number of benzene rings is 1. The lowest BCUT2D eigenvalue weighted by Crippen LogP contribution is -2.08. The van der Waals surface area contributed by atoms with Gasteiger partial charge in [0.05, 0.1) is 6.10 Å². The second-order valence-corrected chi connectivity index (χ2v) is 6.50. The van der Waals surface area contributed by atoms with Crippen LogP contribution in [0.5, 0.6) is 0 Å². The molecule has 3 fully saturated rings. The van der Waals surface area contributed by atoms with Crippen LogP contribution in [0.15, 0.2) is 24.3 Å². The highest BCUT2D eigenvalue weighted by atomic mass is 35.5. The summed E-state index contributed by atoms with van der Waals surface area (Å²) in [5.74, 6) is 4.01. The fourth-order valence-corrected chi connectivity index (χ4v) is 4.93. The third-order valence-corrected chi connectivity index (χ3v) is 5.58. The summed E-state index contributed by atoms with van der Waals surface area (Å²) in [5.41, 5.74) is 1.01. The zero-order valence-corrected chi connectivity index (χ0v) is 10.5. The summed E-state index contributed by atoms with van der Waals surface area (Å²) in [6.45, 7) is 0. The summed E-state index contributed by atoms with van der Waals surface area (Å²) in [6, 6.07) is 7.73. The molecule has 3 aliphatic carbocycles. The van der Waals surface area contributed by atoms with Gasteiger partial charge >= 0.3 is 0 Å². The third-order valence-electron chi connectivity index (χ3n) is 5.35. The molecule has 1 aromatic rings. The molecular weight excluding hydrogens is 232 g/mol. The molecule has 1 aromatic carbocycles. The maximum absolute atomic E-state index is 10.5. The highest BCUT2D eigenvalue weighted by Crippen LogP contribution is 2.72. The molecule has 0 aliphatic heterocycles. The highest BCUT2D eigenvalue weighted by Gasteiger charge is 2.66. The quantitative estimate of drug-likeness (QED) is 0.847. The van der Waals surface area contributed by atoms with Crippen LogP contribution in [0.25, 0.3) is 0 Å². The van der Waals surface area contributed by atoms with Crippen molar-refractivity contribution in [2.45, 2.75) is 25.4 Å². The highest BCUT2D eigenvalue weighted by molar-refractivity contribution is 6.30. The third kappa shape index (κ3) is 1.42. The molecule has 3 saturated carbocycles. The van der Waals surface area contributed by atoms with Gasteiger partial charge in [-0.05, 0) is 66.5 Å². The number of aliphatic hydroxyl groups is 1. The van der Waals surface area contributed by atoms with Crippen molar-refractivity contribution >= 4 is 11.6 Å². The Labute approximate surface area is 107 Å². The van der Waals surface area contributed by atoms with E-state index in [-0.39, 0.29) is 6.10 Å². The molecule has 0 spiro atoms. The Hall–Kier alpha value is -0.530. The molecule has 90 valence electrons. The number of fused-ring (bicyclic) bond motifs is 5. The topological polar surface area (TPSA) is 20.2 Å². The van der Waals surface area contributed by atoms with Crippen LogP contribution in [0.4, 0.5) is 0 Å². The Morgan fingerprint density at radius 1 is 1.18 bits per heavy atom. The Morgan fingerprint density at radius 3 is 2.53 bits per heavy atom. The molecule has 5 atom stereocenters. The van der Waals surface area contributed by atoms with Crippen LogP contribution in [0, 0.1) is 29.6 Å². The van der Waals surface area contributed by atoms with E-state index in [9.17, 15) is 5.11 Å². The fraction of sp³-hybridized carbons (Fsp3) is 0.600. The molecule has 4 rings (SSSR count). The predicted molar refractivity (Wildman–Crippen MR) is 67.7 cm³/mol. The zero-order chi connectivity index (χ0) is 11.6. The molecule has 0 aromatic heterocycles. The summed E-state index contributed by atoms with van der Waals surface area (Å²) in [4.78, 5) is 0. The smallest absolute Gasteiger partial charge is 0.0824 e. The number of rotatable bonds is 2. The first kappa shape index (κ1) is 10.4. The SMILES string of the molecule is OC(c1cccc(Cl)c1)C1C2C3CCC(C3)C21. The van der Waals surface area contributed by atoms with Gasteiger partial charge in [0.2, 0.25) is 0 Å². The summed E-state index contributed by atoms with van der Waals surface area (Å²) in [5, 5.41) is 11.2. The molecular formula is C15H17ClO. The van der Waals surface area contributed by atoms with Crippen molar-refractivity contribution in [2.75, 3.05) is 0 Å². The van der Waals surface area contributed by atoms with Crippen LogP contribution in [0.3, 0.4) is 0 Å². The Kier molecular flexibility index (Phi) is 2.13. The minimum absolute atomic E-state index is 0.285. The second kappa shape index (κ2) is 3.49. The van der Waals surface area contributed by atoms with Gasteiger partial charge in [0.1, 0.15) is 0 Å². The van der Waals surface area contributed by atoms with Crippen LogP contribution in [-0.2, 0) is 0 Å². The molecule has 0 amide bonds. The van der Waals surface area contributed by atoms with Crippen molar-refractivity contribution in [2.24, 2.45) is 29.6 Å². The maximum Gasteiger partial charge on any atom is 0.0824 e. The first-order valence-corrected chi connectivity index (χ1v) is 7.07. The van der Waals surface area contributed by atoms with E-state index in [1.165, 1.54) is 19.3 Å². The van der Waals surface area contributed by atoms with Gasteiger partial charge in [-0.2, -0.15) is 0 Å². The van der Waals surface area contributed by atoms with E-state index >= 15 is 0 Å². The van der Waals surface area contributed by atoms with Gasteiger partial charge in [-0.15, -0.1) is 0 Å². The van der Waals surface area contributed by atoms with E-state index in [1.807, 2.05) is 24.3 Å². The van der Waals surface area contributed by atoms with Crippen LogP contribution < -0.4 is 0 Å². The molecule has 5 unspecified atom stereocenters. The Bertz CT molecular complexity index is 442. The largest absolute Gasteiger partial charge is 0.388 e. The number of halogens is 1. The van der Waals surface area contributed by atoms with Gasteiger partial charge in [0, 0.05) is 5.02 Å². The normalized spacial score (nSPS) is 43.5. The molecule has 2 bridgehead atoms. The maximum atomic E-state index is 10.5. The Balaban J connectivity index is 1.58. The number of hydrogen-bond donors (Lipinski definition) is 1. The lowest BCUT2D eigenvalue weighted by molar-refractivity contribution is 0.130. The first-order chi connectivity index (χ1) is 8.25. The standard InChI is InChI=1S/C15H17ClO/c16-11-3-1-2-10(7-11)15(17)14-12-8-4-5-9(6-8)13(12)14/h1-3,7-9,12-15,17H,4-6H2. The zero-order valence-electron chi connectivity index (χ0n) is 9.72. The van der Waals surface area contributed by atoms with E-state index in [4.69, 9.17) is 11.6 Å². The van der Waals surface area contributed by atoms with Gasteiger partial charge in [-0.3, -0.25) is 0 Å². The number of hydrogen-bond acceptors (Lipinski definition) is 1. The molecule has 17 heavy (non-hydrogen) atoms. The first-order valence-electron chi connectivity index (χ1n) is 6.69. The van der Waals surface area contributed by atoms with E-state index in [0.717, 1.165) is 34.3 Å². The van der Waals surface area contributed by atoms with Crippen molar-refractivity contribution in [3.05, 3.63) is 34.9 Å². The average Bonchev–Trinajstić information content (AvgIpc) is 2.76. The van der Waals surface area contributed by atoms with Crippen molar-refractivity contribution in [3.8, 4) is 0 Å². The van der Waals surface area contributed by atoms with Crippen molar-refractivity contribution < 1.29 is 5.11 Å². The molecule has 2 heteroatoms. The van der Waals surface area contributed by atoms with Crippen molar-refractivity contribution in [3.63, 3.8) is 0 Å². The fourth-order valence-electron chi connectivity index (χ4n) is 4.73. The van der Waals surface area contributed by atoms with E-state index in [1.54, 1.807) is 0 Å². The lowest BCUT2D eigenvalue weighted by Gasteiger charge is -2.15. The molecule has 0 saturated heterocycles. The van der Waals surface area contributed by atoms with E-state index < -0.39 is 0 Å². The van der Waals surface area contributed by atoms with Gasteiger partial charge in [-0.1, -0.05) is 23.7 Å². The molecule has 3 aliphatic rings. The molecule has 0 radical (unpaired) electrons. The van der Waals surface area contributed by atoms with Crippen LogP contribution in [0.2, 0.25) is 5.02 Å². The molecule has 0 heterocycles. The van der Waals surface area contributed by atoms with E-state index in [2.05, 4.69) is 0 Å². The van der Waals surface area contributed by atoms with Crippen molar-refractivity contribution in [1.29, 1.82) is 0 Å². The summed E-state index contributed by atoms with van der Waals surface area (Å²) >= 11 is 5.99. The Morgan fingerprint density at radius 2 is 1.88 bits per heavy atom. The van der Waals surface area contributed by atoms with Crippen molar-refractivity contribution in [1.82, 2.24) is 0 Å². The predicted octanol–water partition coefficient (Wildman–Crippen LogP) is 3.67. The summed E-state index contributed by atoms with van der Waals surface area (Å²) in [7, 11) is 0. The van der Waals surface area contributed by atoms with Gasteiger partial charge < -0.3 is 5.11 Å². The number of aliphatic hydroxyl groups excluding tert-OH is 1. The lowest BCUT2D eigenvalue weighted by atomic mass is 9.95. The average molecular weight is 249 g/mol. The van der Waals surface area contributed by atoms with Gasteiger partial charge in [-0.25, -0.2) is 0 Å². The van der Waals surface area contributed by atoms with Gasteiger partial charge in [0.25, 0.3) is 0 Å². The summed E-state index contributed by atoms with van der Waals surface area (Å²) in [6.07, 6.45) is 3.97. The summed E-state index contributed by atoms with van der Waals surface area (Å²) < 4.78 is 0. The minimum Gasteiger partial charge on any atom is -0.388 e. The van der Waals surface area contributed by atoms with Gasteiger partial charge in [0.15, 0.2) is 0 Å². The van der Waals surface area contributed by atoms with Crippen LogP contribution in [0.1, 0.15) is 30.9 Å². The van der Waals surface area contributed by atoms with E-state index in [0.29, 0.717) is 5.92 Å². The second-order valence-electron chi connectivity index (χ2n) is 6.07. The van der Waals surface area contributed by atoms with Crippen LogP contribution in [-0.4, -0.2) is 5.11 Å². The van der Waals surface area contributed by atoms with Crippen LogP contribution >= 0.6 is 11.6 Å². The molecule has 1 N–H and O–H groups in total. The molecule has 1 nitrogen and oxygen atoms in total. The minimum atomic E-state index is -0.285.